The summed E-state index contributed by atoms with van der Waals surface area (Å²) in [6, 6.07) is 10.8. The van der Waals surface area contributed by atoms with Gasteiger partial charge in [-0.25, -0.2) is 8.42 Å². The Bertz CT molecular complexity index is 959. The number of hydrogen-bond acceptors (Lipinski definition) is 4. The van der Waals surface area contributed by atoms with Crippen LogP contribution < -0.4 is 10.1 Å². The third-order valence-corrected chi connectivity index (χ3v) is 6.81. The Morgan fingerprint density at radius 3 is 2.30 bits per heavy atom. The Kier molecular flexibility index (Phi) is 8.31. The van der Waals surface area contributed by atoms with E-state index in [-0.39, 0.29) is 22.1 Å². The third-order valence-electron chi connectivity index (χ3n) is 4.62. The van der Waals surface area contributed by atoms with E-state index < -0.39 is 16.6 Å². The van der Waals surface area contributed by atoms with Gasteiger partial charge in [-0.1, -0.05) is 32.0 Å². The predicted molar refractivity (Wildman–Crippen MR) is 110 cm³/mol. The summed E-state index contributed by atoms with van der Waals surface area (Å²) in [4.78, 5) is 12.6. The van der Waals surface area contributed by atoms with Crippen LogP contribution in [0.2, 0.25) is 0 Å². The van der Waals surface area contributed by atoms with Gasteiger partial charge in [-0.3, -0.25) is 4.79 Å². The molecular weight excluding hydrogens is 414 g/mol. The van der Waals surface area contributed by atoms with Crippen molar-refractivity contribution in [2.45, 2.75) is 38.7 Å². The lowest BCUT2D eigenvalue weighted by Crippen LogP contribution is -2.31. The molecule has 164 valence electrons. The summed E-state index contributed by atoms with van der Waals surface area (Å²) in [5.41, 5.74) is 1.67. The molecule has 0 aliphatic heterocycles. The first-order valence-corrected chi connectivity index (χ1v) is 11.1. The lowest BCUT2D eigenvalue weighted by Gasteiger charge is -2.20. The average molecular weight is 441 g/mol. The minimum absolute atomic E-state index is 0.0689. The number of aryl methyl sites for hydroxylation is 1. The fraction of sp³-hybridized carbons (Fsp3) is 0.381. The first-order valence-electron chi connectivity index (χ1n) is 9.61. The van der Waals surface area contributed by atoms with Crippen molar-refractivity contribution in [1.29, 1.82) is 0 Å². The predicted octanol–water partition coefficient (Wildman–Crippen LogP) is 3.60. The van der Waals surface area contributed by atoms with Crippen LogP contribution in [0, 0.1) is 6.92 Å². The monoisotopic (exact) mass is 440 g/mol. The number of amides is 1. The number of alkyl halides is 2. The normalized spacial score (nSPS) is 11.7. The second-order valence-electron chi connectivity index (χ2n) is 6.60. The summed E-state index contributed by atoms with van der Waals surface area (Å²) in [7, 11) is -3.68. The van der Waals surface area contributed by atoms with Crippen molar-refractivity contribution in [1.82, 2.24) is 9.62 Å². The van der Waals surface area contributed by atoms with E-state index in [1.807, 2.05) is 0 Å². The highest BCUT2D eigenvalue weighted by molar-refractivity contribution is 7.89. The maximum atomic E-state index is 12.8. The number of nitrogens with zero attached hydrogens (tertiary/aromatic N) is 1. The number of nitrogens with one attached hydrogen (secondary N) is 1. The molecule has 1 N–H and O–H groups in total. The Balaban J connectivity index is 2.04. The smallest absolute Gasteiger partial charge is 0.387 e. The highest BCUT2D eigenvalue weighted by Crippen LogP contribution is 2.21. The number of rotatable bonds is 10. The van der Waals surface area contributed by atoms with Gasteiger partial charge < -0.3 is 10.1 Å². The molecule has 0 atom stereocenters. The van der Waals surface area contributed by atoms with Crippen molar-refractivity contribution in [3.8, 4) is 5.75 Å². The van der Waals surface area contributed by atoms with Crippen molar-refractivity contribution in [3.63, 3.8) is 0 Å². The fourth-order valence-corrected chi connectivity index (χ4v) is 4.69. The Labute approximate surface area is 175 Å². The molecule has 0 aliphatic rings. The maximum absolute atomic E-state index is 12.8. The average Bonchev–Trinajstić information content (AvgIpc) is 2.69. The van der Waals surface area contributed by atoms with Crippen molar-refractivity contribution >= 4 is 15.9 Å². The molecule has 0 aromatic heterocycles. The third kappa shape index (κ3) is 5.99. The molecule has 0 aliphatic carbocycles. The minimum Gasteiger partial charge on any atom is -0.435 e. The van der Waals surface area contributed by atoms with Crippen LogP contribution in [0.5, 0.6) is 5.75 Å². The molecule has 0 bridgehead atoms. The van der Waals surface area contributed by atoms with E-state index in [2.05, 4.69) is 10.1 Å². The van der Waals surface area contributed by atoms with Crippen LogP contribution in [0.3, 0.4) is 0 Å². The van der Waals surface area contributed by atoms with E-state index in [0.717, 1.165) is 5.56 Å². The molecule has 9 heteroatoms. The van der Waals surface area contributed by atoms with Crippen LogP contribution in [-0.4, -0.2) is 44.9 Å². The van der Waals surface area contributed by atoms with Gasteiger partial charge in [-0.2, -0.15) is 13.1 Å². The SMILES string of the molecule is CCN(CC)S(=O)(=O)c1cc(C(=O)NCCc2ccc(OC(F)F)cc2)ccc1C. The summed E-state index contributed by atoms with van der Waals surface area (Å²) in [5, 5.41) is 2.75. The van der Waals surface area contributed by atoms with Gasteiger partial charge in [0.05, 0.1) is 4.90 Å². The van der Waals surface area contributed by atoms with Crippen molar-refractivity contribution in [3.05, 3.63) is 59.2 Å². The lowest BCUT2D eigenvalue weighted by atomic mass is 10.1. The van der Waals surface area contributed by atoms with E-state index in [1.54, 1.807) is 45.0 Å². The molecule has 2 aromatic rings. The number of hydrogen-bond donors (Lipinski definition) is 1. The largest absolute Gasteiger partial charge is 0.435 e. The number of carbonyl (C=O) groups is 1. The Hall–Kier alpha value is -2.52. The minimum atomic E-state index is -3.68. The van der Waals surface area contributed by atoms with E-state index in [9.17, 15) is 22.0 Å². The topological polar surface area (TPSA) is 75.7 Å². The molecule has 0 saturated heterocycles. The molecular formula is C21H26F2N2O4S. The van der Waals surface area contributed by atoms with E-state index in [0.29, 0.717) is 31.6 Å². The molecule has 0 spiro atoms. The van der Waals surface area contributed by atoms with Crippen molar-refractivity contribution < 1.29 is 26.7 Å². The molecule has 1 amide bonds. The molecule has 0 radical (unpaired) electrons. The van der Waals surface area contributed by atoms with Crippen LogP contribution in [0.1, 0.15) is 35.3 Å². The van der Waals surface area contributed by atoms with Crippen LogP contribution in [-0.2, 0) is 16.4 Å². The summed E-state index contributed by atoms with van der Waals surface area (Å²) >= 11 is 0. The lowest BCUT2D eigenvalue weighted by molar-refractivity contribution is -0.0498. The quantitative estimate of drug-likeness (QED) is 0.613. The molecule has 6 nitrogen and oxygen atoms in total. The van der Waals surface area contributed by atoms with Crippen LogP contribution in [0.15, 0.2) is 47.4 Å². The standard InChI is InChI=1S/C21H26F2N2O4S/c1-4-25(5-2)30(27,28)19-14-17(9-6-15(19)3)20(26)24-13-12-16-7-10-18(11-8-16)29-21(22)23/h6-11,14,21H,4-5,12-13H2,1-3H3,(H,24,26). The summed E-state index contributed by atoms with van der Waals surface area (Å²) in [6.45, 7) is 3.34. The summed E-state index contributed by atoms with van der Waals surface area (Å²) in [6.07, 6.45) is 0.483. The van der Waals surface area contributed by atoms with Gasteiger partial charge in [0.25, 0.3) is 5.91 Å². The first-order chi connectivity index (χ1) is 14.2. The number of sulfonamides is 1. The van der Waals surface area contributed by atoms with Gasteiger partial charge >= 0.3 is 6.61 Å². The van der Waals surface area contributed by atoms with Crippen LogP contribution in [0.25, 0.3) is 0 Å². The highest BCUT2D eigenvalue weighted by Gasteiger charge is 2.24. The zero-order valence-electron chi connectivity index (χ0n) is 17.2. The first kappa shape index (κ1) is 23.8. The van der Waals surface area contributed by atoms with Gasteiger partial charge in [-0.05, 0) is 48.7 Å². The van der Waals surface area contributed by atoms with E-state index >= 15 is 0 Å². The van der Waals surface area contributed by atoms with Crippen molar-refractivity contribution in [2.75, 3.05) is 19.6 Å². The van der Waals surface area contributed by atoms with Gasteiger partial charge in [0, 0.05) is 25.2 Å². The molecule has 0 fully saturated rings. The number of ether oxygens (including phenoxy) is 1. The Morgan fingerprint density at radius 1 is 1.10 bits per heavy atom. The van der Waals surface area contributed by atoms with E-state index in [4.69, 9.17) is 0 Å². The summed E-state index contributed by atoms with van der Waals surface area (Å²) in [5.74, 6) is -0.317. The van der Waals surface area contributed by atoms with Gasteiger partial charge in [0.1, 0.15) is 5.75 Å². The Morgan fingerprint density at radius 2 is 1.73 bits per heavy atom. The molecule has 0 unspecified atom stereocenters. The maximum Gasteiger partial charge on any atom is 0.387 e. The number of halogens is 2. The molecule has 30 heavy (non-hydrogen) atoms. The zero-order valence-corrected chi connectivity index (χ0v) is 18.0. The van der Waals surface area contributed by atoms with Gasteiger partial charge in [-0.15, -0.1) is 0 Å². The van der Waals surface area contributed by atoms with E-state index in [1.165, 1.54) is 22.5 Å². The molecule has 2 rings (SSSR count). The van der Waals surface area contributed by atoms with Gasteiger partial charge in [0.15, 0.2) is 0 Å². The second kappa shape index (κ2) is 10.5. The summed E-state index contributed by atoms with van der Waals surface area (Å²) < 4.78 is 55.6. The zero-order chi connectivity index (χ0) is 22.3. The highest BCUT2D eigenvalue weighted by atomic mass is 32.2. The van der Waals surface area contributed by atoms with Crippen LogP contribution in [0.4, 0.5) is 8.78 Å². The molecule has 0 saturated carbocycles. The number of carbonyl (C=O) groups excluding carboxylic acids is 1. The van der Waals surface area contributed by atoms with Gasteiger partial charge in [0.2, 0.25) is 10.0 Å². The fourth-order valence-electron chi connectivity index (χ4n) is 2.98. The second-order valence-corrected chi connectivity index (χ2v) is 8.50. The molecule has 2 aromatic carbocycles. The van der Waals surface area contributed by atoms with Crippen molar-refractivity contribution in [2.24, 2.45) is 0 Å². The van der Waals surface area contributed by atoms with Crippen LogP contribution >= 0.6 is 0 Å². The number of benzene rings is 2. The molecule has 0 heterocycles.